The largest absolute Gasteiger partial charge is 0.480 e. The first-order valence-electron chi connectivity index (χ1n) is 6.89. The lowest BCUT2D eigenvalue weighted by atomic mass is 9.90. The summed E-state index contributed by atoms with van der Waals surface area (Å²) < 4.78 is 38.9. The standard InChI is InChI=1S/C14H17F3N2O2/c15-14(16,17)10-6-5-9-18-11(10)19-13(12(20)21)7-3-1-2-4-8-13/h5-6,9H,1-4,7-8H2,(H,18,19)(H,20,21). The number of pyridine rings is 1. The number of carboxylic acid groups (broad SMARTS) is 1. The fraction of sp³-hybridized carbons (Fsp3) is 0.571. The van der Waals surface area contributed by atoms with Gasteiger partial charge in [0.1, 0.15) is 11.4 Å². The Morgan fingerprint density at radius 2 is 1.86 bits per heavy atom. The highest BCUT2D eigenvalue weighted by molar-refractivity contribution is 5.82. The third kappa shape index (κ3) is 3.46. The van der Waals surface area contributed by atoms with Gasteiger partial charge in [-0.3, -0.25) is 0 Å². The second-order valence-electron chi connectivity index (χ2n) is 5.32. The van der Waals surface area contributed by atoms with Crippen molar-refractivity contribution in [3.63, 3.8) is 0 Å². The molecule has 0 aliphatic heterocycles. The predicted molar refractivity (Wildman–Crippen MR) is 70.9 cm³/mol. The molecule has 116 valence electrons. The monoisotopic (exact) mass is 302 g/mol. The molecule has 1 aromatic heterocycles. The first kappa shape index (κ1) is 15.6. The second-order valence-corrected chi connectivity index (χ2v) is 5.32. The molecular weight excluding hydrogens is 285 g/mol. The summed E-state index contributed by atoms with van der Waals surface area (Å²) in [5, 5.41) is 12.1. The molecule has 2 N–H and O–H groups in total. The van der Waals surface area contributed by atoms with Gasteiger partial charge in [0.05, 0.1) is 5.56 Å². The zero-order valence-corrected chi connectivity index (χ0v) is 11.4. The van der Waals surface area contributed by atoms with Crippen LogP contribution in [0.2, 0.25) is 0 Å². The van der Waals surface area contributed by atoms with E-state index in [0.717, 1.165) is 18.9 Å². The summed E-state index contributed by atoms with van der Waals surface area (Å²) in [4.78, 5) is 15.3. The highest BCUT2D eigenvalue weighted by atomic mass is 19.4. The van der Waals surface area contributed by atoms with Crippen LogP contribution in [0.1, 0.15) is 44.1 Å². The van der Waals surface area contributed by atoms with Crippen LogP contribution in [-0.4, -0.2) is 21.6 Å². The van der Waals surface area contributed by atoms with Crippen LogP contribution in [0.3, 0.4) is 0 Å². The van der Waals surface area contributed by atoms with E-state index in [2.05, 4.69) is 10.3 Å². The van der Waals surface area contributed by atoms with E-state index in [4.69, 9.17) is 0 Å². The molecule has 0 bridgehead atoms. The normalized spacial score (nSPS) is 18.8. The molecule has 4 nitrogen and oxygen atoms in total. The third-order valence-electron chi connectivity index (χ3n) is 3.84. The molecule has 0 atom stereocenters. The summed E-state index contributed by atoms with van der Waals surface area (Å²) in [6.07, 6.45) is 0.397. The lowest BCUT2D eigenvalue weighted by Gasteiger charge is -2.30. The number of nitrogens with one attached hydrogen (secondary N) is 1. The topological polar surface area (TPSA) is 62.2 Å². The van der Waals surface area contributed by atoms with Crippen LogP contribution < -0.4 is 5.32 Å². The summed E-state index contributed by atoms with van der Waals surface area (Å²) in [6.45, 7) is 0. The van der Waals surface area contributed by atoms with Gasteiger partial charge in [0.15, 0.2) is 0 Å². The fourth-order valence-corrected chi connectivity index (χ4v) is 2.68. The molecule has 2 rings (SSSR count). The molecule has 7 heteroatoms. The van der Waals surface area contributed by atoms with Gasteiger partial charge in [-0.2, -0.15) is 13.2 Å². The number of alkyl halides is 3. The number of hydrogen-bond acceptors (Lipinski definition) is 3. The van der Waals surface area contributed by atoms with Crippen molar-refractivity contribution in [2.45, 2.75) is 50.2 Å². The second kappa shape index (κ2) is 5.91. The SMILES string of the molecule is O=C(O)C1(Nc2ncccc2C(F)(F)F)CCCCCC1. The first-order chi connectivity index (χ1) is 9.85. The molecule has 1 fully saturated rings. The molecule has 1 saturated carbocycles. The van der Waals surface area contributed by atoms with Gasteiger partial charge in [0.2, 0.25) is 0 Å². The maximum absolute atomic E-state index is 13.0. The van der Waals surface area contributed by atoms with E-state index in [1.54, 1.807) is 0 Å². The molecule has 0 amide bonds. The summed E-state index contributed by atoms with van der Waals surface area (Å²) in [5.74, 6) is -1.53. The molecule has 0 unspecified atom stereocenters. The van der Waals surface area contributed by atoms with Gasteiger partial charge in [0, 0.05) is 6.20 Å². The van der Waals surface area contributed by atoms with Crippen molar-refractivity contribution in [3.05, 3.63) is 23.9 Å². The Labute approximate surface area is 120 Å². The van der Waals surface area contributed by atoms with E-state index in [-0.39, 0.29) is 0 Å². The van der Waals surface area contributed by atoms with Gasteiger partial charge in [0.25, 0.3) is 0 Å². The molecule has 1 aliphatic rings. The van der Waals surface area contributed by atoms with Gasteiger partial charge in [-0.05, 0) is 25.0 Å². The Balaban J connectivity index is 2.36. The highest BCUT2D eigenvalue weighted by Crippen LogP contribution is 2.37. The third-order valence-corrected chi connectivity index (χ3v) is 3.84. The molecule has 1 aliphatic carbocycles. The molecule has 0 radical (unpaired) electrons. The quantitative estimate of drug-likeness (QED) is 0.836. The van der Waals surface area contributed by atoms with E-state index in [9.17, 15) is 23.1 Å². The molecule has 1 heterocycles. The zero-order chi connectivity index (χ0) is 15.5. The lowest BCUT2D eigenvalue weighted by Crippen LogP contribution is -2.46. The van der Waals surface area contributed by atoms with Crippen molar-refractivity contribution in [3.8, 4) is 0 Å². The smallest absolute Gasteiger partial charge is 0.419 e. The minimum Gasteiger partial charge on any atom is -0.480 e. The number of anilines is 1. The minimum absolute atomic E-state index is 0.302. The number of hydrogen-bond donors (Lipinski definition) is 2. The van der Waals surface area contributed by atoms with E-state index >= 15 is 0 Å². The number of aliphatic carboxylic acids is 1. The van der Waals surface area contributed by atoms with Crippen LogP contribution in [-0.2, 0) is 11.0 Å². The molecular formula is C14H17F3N2O2. The van der Waals surface area contributed by atoms with E-state index < -0.39 is 29.1 Å². The number of nitrogens with zero attached hydrogens (tertiary/aromatic N) is 1. The summed E-state index contributed by atoms with van der Waals surface area (Å²) in [5.41, 5.74) is -2.31. The van der Waals surface area contributed by atoms with Crippen LogP contribution in [0.4, 0.5) is 19.0 Å². The predicted octanol–water partition coefficient (Wildman–Crippen LogP) is 3.69. The zero-order valence-electron chi connectivity index (χ0n) is 11.4. The average Bonchev–Trinajstić information content (AvgIpc) is 2.65. The maximum atomic E-state index is 13.0. The Morgan fingerprint density at radius 1 is 1.24 bits per heavy atom. The average molecular weight is 302 g/mol. The number of carbonyl (C=O) groups is 1. The maximum Gasteiger partial charge on any atom is 0.419 e. The van der Waals surface area contributed by atoms with Crippen molar-refractivity contribution in [1.82, 2.24) is 4.98 Å². The minimum atomic E-state index is -4.57. The van der Waals surface area contributed by atoms with Crippen molar-refractivity contribution < 1.29 is 23.1 Å². The van der Waals surface area contributed by atoms with Crippen molar-refractivity contribution in [2.24, 2.45) is 0 Å². The number of rotatable bonds is 3. The van der Waals surface area contributed by atoms with Gasteiger partial charge in [-0.25, -0.2) is 9.78 Å². The Bertz CT molecular complexity index is 509. The Morgan fingerprint density at radius 3 is 2.38 bits per heavy atom. The van der Waals surface area contributed by atoms with Crippen LogP contribution in [0, 0.1) is 0 Å². The summed E-state index contributed by atoms with van der Waals surface area (Å²) in [7, 11) is 0. The summed E-state index contributed by atoms with van der Waals surface area (Å²) >= 11 is 0. The number of halogens is 3. The molecule has 1 aromatic rings. The van der Waals surface area contributed by atoms with Crippen LogP contribution in [0.15, 0.2) is 18.3 Å². The lowest BCUT2D eigenvalue weighted by molar-refractivity contribution is -0.143. The van der Waals surface area contributed by atoms with Gasteiger partial charge in [-0.1, -0.05) is 25.7 Å². The molecule has 0 spiro atoms. The van der Waals surface area contributed by atoms with Crippen LogP contribution in [0.5, 0.6) is 0 Å². The van der Waals surface area contributed by atoms with Gasteiger partial charge < -0.3 is 10.4 Å². The Hall–Kier alpha value is -1.79. The van der Waals surface area contributed by atoms with Gasteiger partial charge in [-0.15, -0.1) is 0 Å². The molecule has 0 saturated heterocycles. The van der Waals surface area contributed by atoms with E-state index in [1.807, 2.05) is 0 Å². The van der Waals surface area contributed by atoms with E-state index in [0.29, 0.717) is 25.7 Å². The Kier molecular flexibility index (Phi) is 4.39. The van der Waals surface area contributed by atoms with Crippen molar-refractivity contribution >= 4 is 11.8 Å². The molecule has 21 heavy (non-hydrogen) atoms. The fourth-order valence-electron chi connectivity index (χ4n) is 2.68. The number of carboxylic acids is 1. The first-order valence-corrected chi connectivity index (χ1v) is 6.89. The van der Waals surface area contributed by atoms with Crippen LogP contribution >= 0.6 is 0 Å². The molecule has 0 aromatic carbocycles. The van der Waals surface area contributed by atoms with Gasteiger partial charge >= 0.3 is 12.1 Å². The van der Waals surface area contributed by atoms with Crippen LogP contribution in [0.25, 0.3) is 0 Å². The van der Waals surface area contributed by atoms with Crippen molar-refractivity contribution in [1.29, 1.82) is 0 Å². The van der Waals surface area contributed by atoms with Crippen molar-refractivity contribution in [2.75, 3.05) is 5.32 Å². The van der Waals surface area contributed by atoms with E-state index in [1.165, 1.54) is 12.3 Å². The number of aromatic nitrogens is 1. The highest BCUT2D eigenvalue weighted by Gasteiger charge is 2.42. The summed E-state index contributed by atoms with van der Waals surface area (Å²) in [6, 6.07) is 2.09.